The van der Waals surface area contributed by atoms with Crippen LogP contribution in [0.2, 0.25) is 0 Å². The fourth-order valence-electron chi connectivity index (χ4n) is 3.06. The summed E-state index contributed by atoms with van der Waals surface area (Å²) in [5.41, 5.74) is -0.156. The van der Waals surface area contributed by atoms with Gasteiger partial charge in [0.2, 0.25) is 5.91 Å². The summed E-state index contributed by atoms with van der Waals surface area (Å²) >= 11 is 0. The second kappa shape index (κ2) is 11.9. The van der Waals surface area contributed by atoms with Crippen molar-refractivity contribution in [1.82, 2.24) is 15.5 Å². The summed E-state index contributed by atoms with van der Waals surface area (Å²) in [6.07, 6.45) is -1.94. The lowest BCUT2D eigenvalue weighted by molar-refractivity contribution is -0.137. The maximum absolute atomic E-state index is 12.6. The predicted molar refractivity (Wildman–Crippen MR) is 118 cm³/mol. The largest absolute Gasteiger partial charge is 0.416 e. The Hall–Kier alpha value is -1.96. The van der Waals surface area contributed by atoms with E-state index in [1.165, 1.54) is 12.1 Å². The van der Waals surface area contributed by atoms with Crippen LogP contribution in [0.4, 0.5) is 13.2 Å². The van der Waals surface area contributed by atoms with Gasteiger partial charge in [0.1, 0.15) is 0 Å². The van der Waals surface area contributed by atoms with E-state index in [0.717, 1.165) is 44.0 Å². The monoisotopic (exact) mass is 522 g/mol. The number of hydrogen-bond donors (Lipinski definition) is 2. The van der Waals surface area contributed by atoms with E-state index < -0.39 is 11.7 Å². The van der Waals surface area contributed by atoms with Gasteiger partial charge < -0.3 is 15.5 Å². The average molecular weight is 522 g/mol. The summed E-state index contributed by atoms with van der Waals surface area (Å²) < 4.78 is 37.7. The molecule has 0 aliphatic carbocycles. The van der Waals surface area contributed by atoms with Gasteiger partial charge in [-0.1, -0.05) is 11.8 Å². The minimum absolute atomic E-state index is 0. The van der Waals surface area contributed by atoms with Crippen molar-refractivity contribution in [3.8, 4) is 11.8 Å². The minimum atomic E-state index is -4.34. The van der Waals surface area contributed by atoms with Gasteiger partial charge in [-0.15, -0.1) is 24.0 Å². The summed E-state index contributed by atoms with van der Waals surface area (Å²) in [7, 11) is 3.34. The highest BCUT2D eigenvalue weighted by Crippen LogP contribution is 2.28. The molecule has 0 aromatic heterocycles. The van der Waals surface area contributed by atoms with Gasteiger partial charge in [-0.2, -0.15) is 13.2 Å². The molecule has 0 saturated carbocycles. The number of rotatable bonds is 3. The van der Waals surface area contributed by atoms with E-state index in [2.05, 4.69) is 32.4 Å². The molecule has 0 bridgehead atoms. The molecule has 1 saturated heterocycles. The van der Waals surface area contributed by atoms with Crippen molar-refractivity contribution in [3.05, 3.63) is 35.4 Å². The Morgan fingerprint density at radius 1 is 1.24 bits per heavy atom. The average Bonchev–Trinajstić information content (AvgIpc) is 2.68. The fraction of sp³-hybridized carbons (Fsp3) is 0.500. The lowest BCUT2D eigenvalue weighted by atomic mass is 9.93. The van der Waals surface area contributed by atoms with Gasteiger partial charge >= 0.3 is 6.18 Å². The van der Waals surface area contributed by atoms with Crippen LogP contribution in [0.1, 0.15) is 30.4 Å². The summed E-state index contributed by atoms with van der Waals surface area (Å²) in [5.74, 6) is 6.93. The first-order chi connectivity index (χ1) is 13.3. The number of nitrogens with one attached hydrogen (secondary N) is 2. The topological polar surface area (TPSA) is 56.7 Å². The van der Waals surface area contributed by atoms with E-state index in [1.807, 2.05) is 0 Å². The van der Waals surface area contributed by atoms with Crippen molar-refractivity contribution in [1.29, 1.82) is 0 Å². The first-order valence-corrected chi connectivity index (χ1v) is 9.15. The van der Waals surface area contributed by atoms with Gasteiger partial charge in [0.25, 0.3) is 0 Å². The number of amides is 1. The van der Waals surface area contributed by atoms with Crippen LogP contribution in [-0.2, 0) is 11.0 Å². The highest BCUT2D eigenvalue weighted by molar-refractivity contribution is 14.0. The SMILES string of the molecule is CN=C(NCC#Cc1ccc(C(F)(F)F)cc1)N1CCC(CC(=O)NC)CC1.I. The quantitative estimate of drug-likeness (QED) is 0.278. The Bertz CT molecular complexity index is 746. The maximum Gasteiger partial charge on any atom is 0.416 e. The van der Waals surface area contributed by atoms with E-state index >= 15 is 0 Å². The highest BCUT2D eigenvalue weighted by Gasteiger charge is 2.29. The Kier molecular flexibility index (Phi) is 10.3. The van der Waals surface area contributed by atoms with E-state index in [1.54, 1.807) is 14.1 Å². The molecule has 1 aromatic carbocycles. The Morgan fingerprint density at radius 2 is 1.86 bits per heavy atom. The normalized spacial score (nSPS) is 15.1. The lowest BCUT2D eigenvalue weighted by Crippen LogP contribution is -2.46. The van der Waals surface area contributed by atoms with Gasteiger partial charge in [-0.05, 0) is 43.0 Å². The summed E-state index contributed by atoms with van der Waals surface area (Å²) in [4.78, 5) is 17.9. The first-order valence-electron chi connectivity index (χ1n) is 9.15. The second-order valence-corrected chi connectivity index (χ2v) is 6.59. The summed E-state index contributed by atoms with van der Waals surface area (Å²) in [5, 5.41) is 5.81. The van der Waals surface area contributed by atoms with Crippen LogP contribution >= 0.6 is 24.0 Å². The smallest absolute Gasteiger partial charge is 0.359 e. The number of aliphatic imine (C=N–C) groups is 1. The zero-order chi connectivity index (χ0) is 20.6. The predicted octanol–water partition coefficient (Wildman–Crippen LogP) is 3.10. The highest BCUT2D eigenvalue weighted by atomic mass is 127. The molecule has 0 spiro atoms. The second-order valence-electron chi connectivity index (χ2n) is 6.59. The molecule has 0 radical (unpaired) electrons. The third-order valence-corrected chi connectivity index (χ3v) is 4.66. The number of hydrogen-bond acceptors (Lipinski definition) is 2. The van der Waals surface area contributed by atoms with Crippen LogP contribution < -0.4 is 10.6 Å². The number of alkyl halides is 3. The van der Waals surface area contributed by atoms with Crippen molar-refractivity contribution in [2.75, 3.05) is 33.7 Å². The Labute approximate surface area is 186 Å². The minimum Gasteiger partial charge on any atom is -0.359 e. The number of benzene rings is 1. The van der Waals surface area contributed by atoms with Crippen molar-refractivity contribution < 1.29 is 18.0 Å². The van der Waals surface area contributed by atoms with Gasteiger partial charge in [0, 0.05) is 39.2 Å². The number of piperidine rings is 1. The van der Waals surface area contributed by atoms with Crippen molar-refractivity contribution in [2.24, 2.45) is 10.9 Å². The molecule has 1 heterocycles. The molecular formula is C20H26F3IN4O. The fourth-order valence-corrected chi connectivity index (χ4v) is 3.06. The van der Waals surface area contributed by atoms with Gasteiger partial charge in [0.05, 0.1) is 12.1 Å². The Morgan fingerprint density at radius 3 is 2.38 bits per heavy atom. The maximum atomic E-state index is 12.6. The molecular weight excluding hydrogens is 496 g/mol. The van der Waals surface area contributed by atoms with E-state index in [-0.39, 0.29) is 29.9 Å². The number of carbonyl (C=O) groups is 1. The molecule has 29 heavy (non-hydrogen) atoms. The number of guanidine groups is 1. The van der Waals surface area contributed by atoms with Crippen molar-refractivity contribution >= 4 is 35.8 Å². The van der Waals surface area contributed by atoms with Crippen LogP contribution in [0.25, 0.3) is 0 Å². The molecule has 160 valence electrons. The van der Waals surface area contributed by atoms with Crippen LogP contribution in [-0.4, -0.2) is 50.5 Å². The number of carbonyl (C=O) groups excluding carboxylic acids is 1. The molecule has 2 rings (SSSR count). The number of halogens is 4. The van der Waals surface area contributed by atoms with E-state index in [4.69, 9.17) is 0 Å². The Balaban J connectivity index is 0.00000420. The molecule has 2 N–H and O–H groups in total. The molecule has 1 aromatic rings. The lowest BCUT2D eigenvalue weighted by Gasteiger charge is -2.33. The number of nitrogens with zero attached hydrogens (tertiary/aromatic N) is 2. The van der Waals surface area contributed by atoms with Gasteiger partial charge in [-0.3, -0.25) is 9.79 Å². The zero-order valence-electron chi connectivity index (χ0n) is 16.5. The third kappa shape index (κ3) is 8.12. The van der Waals surface area contributed by atoms with Gasteiger partial charge in [0.15, 0.2) is 5.96 Å². The molecule has 1 aliphatic rings. The number of likely N-dealkylation sites (tertiary alicyclic amines) is 1. The molecule has 1 aliphatic heterocycles. The van der Waals surface area contributed by atoms with Crippen LogP contribution in [0.15, 0.2) is 29.3 Å². The molecule has 1 fully saturated rings. The standard InChI is InChI=1S/C20H25F3N4O.HI/c1-24-18(28)14-16-9-12-27(13-10-16)19(25-2)26-11-3-4-15-5-7-17(8-6-15)20(21,22)23;/h5-8,16H,9-14H2,1-2H3,(H,24,28)(H,25,26);1H. The van der Waals surface area contributed by atoms with Crippen molar-refractivity contribution in [2.45, 2.75) is 25.4 Å². The third-order valence-electron chi connectivity index (χ3n) is 4.66. The van der Waals surface area contributed by atoms with E-state index in [9.17, 15) is 18.0 Å². The summed E-state index contributed by atoms with van der Waals surface area (Å²) in [6.45, 7) is 1.97. The first kappa shape index (κ1) is 25.1. The van der Waals surface area contributed by atoms with Gasteiger partial charge in [-0.25, -0.2) is 0 Å². The zero-order valence-corrected chi connectivity index (χ0v) is 18.8. The molecule has 0 unspecified atom stereocenters. The van der Waals surface area contributed by atoms with E-state index in [0.29, 0.717) is 24.4 Å². The van der Waals surface area contributed by atoms with Crippen molar-refractivity contribution in [3.63, 3.8) is 0 Å². The molecule has 1 amide bonds. The van der Waals surface area contributed by atoms with Crippen LogP contribution in [0.3, 0.4) is 0 Å². The molecule has 9 heteroatoms. The summed E-state index contributed by atoms with van der Waals surface area (Å²) in [6, 6.07) is 4.78. The molecule has 0 atom stereocenters. The molecule has 5 nitrogen and oxygen atoms in total. The van der Waals surface area contributed by atoms with Crippen LogP contribution in [0, 0.1) is 17.8 Å². The van der Waals surface area contributed by atoms with Crippen LogP contribution in [0.5, 0.6) is 0 Å².